The molecule has 5 nitrogen and oxygen atoms in total. The number of carbonyl (C=O) groups is 2. The maximum Gasteiger partial charge on any atom is 0.315 e. The quantitative estimate of drug-likeness (QED) is 0.734. The number of allylic oxidation sites excluding steroid dienone is 1. The SMILES string of the molecule is COC(=O)C1C(C)=NC2=C(C(=O)c3ccccc32)[C@H]1c1ccc(O)c(Br)c1. The number of ether oxygens (including phenoxy) is 1. The minimum Gasteiger partial charge on any atom is -0.507 e. The number of phenolic OH excluding ortho intramolecular Hbond substituents is 1. The molecule has 2 atom stereocenters. The first-order chi connectivity index (χ1) is 12.9. The van der Waals surface area contributed by atoms with E-state index in [1.807, 2.05) is 18.2 Å². The number of fused-ring (bicyclic) bond motifs is 2. The van der Waals surface area contributed by atoms with Crippen molar-refractivity contribution in [1.82, 2.24) is 0 Å². The second kappa shape index (κ2) is 6.46. The standard InChI is InChI=1S/C21H16BrNO4/c1-10-16(21(26)27-2)17(11-7-8-15(24)14(22)9-11)18-19(23-10)12-5-3-4-6-13(12)20(18)25/h3-9,16-17,24H,1-2H3/t16?,17-/m0/s1. The number of esters is 1. The lowest BCUT2D eigenvalue weighted by atomic mass is 9.75. The average Bonchev–Trinajstić information content (AvgIpc) is 2.95. The topological polar surface area (TPSA) is 76.0 Å². The van der Waals surface area contributed by atoms with Crippen LogP contribution in [0.3, 0.4) is 0 Å². The first-order valence-electron chi connectivity index (χ1n) is 8.43. The molecule has 0 fully saturated rings. The first-order valence-corrected chi connectivity index (χ1v) is 9.23. The van der Waals surface area contributed by atoms with Crippen LogP contribution in [0.15, 0.2) is 57.5 Å². The van der Waals surface area contributed by atoms with Gasteiger partial charge < -0.3 is 9.84 Å². The summed E-state index contributed by atoms with van der Waals surface area (Å²) in [4.78, 5) is 30.4. The number of aromatic hydroxyl groups is 1. The molecule has 2 aliphatic rings. The highest BCUT2D eigenvalue weighted by molar-refractivity contribution is 9.10. The van der Waals surface area contributed by atoms with Crippen LogP contribution in [0.5, 0.6) is 5.75 Å². The summed E-state index contributed by atoms with van der Waals surface area (Å²) >= 11 is 3.32. The van der Waals surface area contributed by atoms with Gasteiger partial charge in [-0.15, -0.1) is 0 Å². The Labute approximate surface area is 164 Å². The Balaban J connectivity index is 1.97. The molecule has 1 N–H and O–H groups in total. The van der Waals surface area contributed by atoms with Gasteiger partial charge in [0.2, 0.25) is 0 Å². The molecule has 27 heavy (non-hydrogen) atoms. The molecule has 0 spiro atoms. The van der Waals surface area contributed by atoms with Crippen LogP contribution in [0.25, 0.3) is 5.70 Å². The van der Waals surface area contributed by atoms with Gasteiger partial charge in [-0.1, -0.05) is 30.3 Å². The van der Waals surface area contributed by atoms with Crippen molar-refractivity contribution in [1.29, 1.82) is 0 Å². The fraction of sp³-hybridized carbons (Fsp3) is 0.190. The highest BCUT2D eigenvalue weighted by atomic mass is 79.9. The van der Waals surface area contributed by atoms with E-state index in [2.05, 4.69) is 20.9 Å². The summed E-state index contributed by atoms with van der Waals surface area (Å²) in [5.74, 6) is -1.73. The highest BCUT2D eigenvalue weighted by Crippen LogP contribution is 2.48. The summed E-state index contributed by atoms with van der Waals surface area (Å²) in [6, 6.07) is 12.3. The number of carbonyl (C=O) groups excluding carboxylic acids is 2. The number of nitrogens with zero attached hydrogens (tertiary/aromatic N) is 1. The van der Waals surface area contributed by atoms with Crippen molar-refractivity contribution in [3.8, 4) is 5.75 Å². The van der Waals surface area contributed by atoms with E-state index < -0.39 is 17.8 Å². The molecule has 136 valence electrons. The van der Waals surface area contributed by atoms with Crippen LogP contribution in [-0.4, -0.2) is 29.7 Å². The molecule has 0 amide bonds. The summed E-state index contributed by atoms with van der Waals surface area (Å²) in [6.45, 7) is 1.78. The van der Waals surface area contributed by atoms with Gasteiger partial charge in [0.25, 0.3) is 0 Å². The minimum atomic E-state index is -0.705. The Morgan fingerprint density at radius 1 is 1.19 bits per heavy atom. The van der Waals surface area contributed by atoms with Crippen molar-refractivity contribution < 1.29 is 19.4 Å². The lowest BCUT2D eigenvalue weighted by molar-refractivity contribution is -0.143. The maximum atomic E-state index is 13.2. The first kappa shape index (κ1) is 17.7. The average molecular weight is 426 g/mol. The van der Waals surface area contributed by atoms with E-state index in [0.29, 0.717) is 27.0 Å². The number of rotatable bonds is 2. The molecule has 1 heterocycles. The second-order valence-corrected chi connectivity index (χ2v) is 7.43. The third-order valence-electron chi connectivity index (χ3n) is 5.10. The molecule has 2 aromatic carbocycles. The van der Waals surface area contributed by atoms with E-state index in [1.165, 1.54) is 7.11 Å². The second-order valence-electron chi connectivity index (χ2n) is 6.58. The van der Waals surface area contributed by atoms with Gasteiger partial charge in [-0.2, -0.15) is 0 Å². The Kier molecular flexibility index (Phi) is 4.23. The van der Waals surface area contributed by atoms with Crippen LogP contribution >= 0.6 is 15.9 Å². The molecule has 0 aromatic heterocycles. The number of phenols is 1. The molecule has 6 heteroatoms. The summed E-state index contributed by atoms with van der Waals surface area (Å²) < 4.78 is 5.51. The number of ketones is 1. The predicted octanol–water partition coefficient (Wildman–Crippen LogP) is 4.11. The van der Waals surface area contributed by atoms with Gasteiger partial charge in [0.15, 0.2) is 5.78 Å². The number of Topliss-reactive ketones (excluding diaryl/α,β-unsaturated/α-hetero) is 1. The van der Waals surface area contributed by atoms with Crippen LogP contribution in [0.2, 0.25) is 0 Å². The molecule has 4 rings (SSSR count). The van der Waals surface area contributed by atoms with E-state index >= 15 is 0 Å². The number of hydrogen-bond acceptors (Lipinski definition) is 5. The molecule has 0 bridgehead atoms. The van der Waals surface area contributed by atoms with Gasteiger partial charge in [-0.3, -0.25) is 14.6 Å². The van der Waals surface area contributed by atoms with Crippen molar-refractivity contribution in [2.75, 3.05) is 7.11 Å². The Morgan fingerprint density at radius 2 is 1.89 bits per heavy atom. The summed E-state index contributed by atoms with van der Waals surface area (Å²) in [5.41, 5.74) is 3.81. The fourth-order valence-corrected chi connectivity index (χ4v) is 4.25. The van der Waals surface area contributed by atoms with E-state index in [0.717, 1.165) is 11.1 Å². The van der Waals surface area contributed by atoms with Gasteiger partial charge in [-0.05, 0) is 40.5 Å². The largest absolute Gasteiger partial charge is 0.507 e. The van der Waals surface area contributed by atoms with Crippen LogP contribution in [0, 0.1) is 5.92 Å². The number of hydrogen-bond donors (Lipinski definition) is 1. The molecule has 0 radical (unpaired) electrons. The number of benzene rings is 2. The fourth-order valence-electron chi connectivity index (χ4n) is 3.86. The van der Waals surface area contributed by atoms with Crippen molar-refractivity contribution in [3.05, 3.63) is 69.2 Å². The van der Waals surface area contributed by atoms with Gasteiger partial charge in [0.1, 0.15) is 11.7 Å². The molecule has 0 saturated heterocycles. The summed E-state index contributed by atoms with van der Waals surface area (Å²) in [7, 11) is 1.33. The van der Waals surface area contributed by atoms with Crippen molar-refractivity contribution >= 4 is 39.1 Å². The third kappa shape index (κ3) is 2.63. The van der Waals surface area contributed by atoms with Crippen LogP contribution in [0.1, 0.15) is 34.3 Å². The van der Waals surface area contributed by atoms with Gasteiger partial charge in [-0.25, -0.2) is 0 Å². The van der Waals surface area contributed by atoms with Crippen LogP contribution in [-0.2, 0) is 9.53 Å². The molecule has 0 saturated carbocycles. The molecular formula is C21H16BrNO4. The molecule has 1 unspecified atom stereocenters. The maximum absolute atomic E-state index is 13.2. The monoisotopic (exact) mass is 425 g/mol. The summed E-state index contributed by atoms with van der Waals surface area (Å²) in [5, 5.41) is 9.86. The van der Waals surface area contributed by atoms with Crippen molar-refractivity contribution in [2.24, 2.45) is 10.9 Å². The van der Waals surface area contributed by atoms with Crippen LogP contribution < -0.4 is 0 Å². The summed E-state index contributed by atoms with van der Waals surface area (Å²) in [6.07, 6.45) is 0. The Hall–Kier alpha value is -2.73. The van der Waals surface area contributed by atoms with E-state index in [-0.39, 0.29) is 11.5 Å². The van der Waals surface area contributed by atoms with Gasteiger partial charge >= 0.3 is 5.97 Å². The van der Waals surface area contributed by atoms with Gasteiger partial charge in [0, 0.05) is 28.3 Å². The molecule has 2 aromatic rings. The smallest absolute Gasteiger partial charge is 0.315 e. The predicted molar refractivity (Wildman–Crippen MR) is 105 cm³/mol. The minimum absolute atomic E-state index is 0.0878. The van der Waals surface area contributed by atoms with E-state index in [9.17, 15) is 14.7 Å². The normalized spacial score (nSPS) is 20.9. The number of halogens is 1. The Morgan fingerprint density at radius 3 is 2.56 bits per heavy atom. The third-order valence-corrected chi connectivity index (χ3v) is 5.73. The van der Waals surface area contributed by atoms with Crippen molar-refractivity contribution in [3.63, 3.8) is 0 Å². The molecule has 1 aliphatic heterocycles. The lowest BCUT2D eigenvalue weighted by Gasteiger charge is -2.30. The zero-order valence-corrected chi connectivity index (χ0v) is 16.3. The lowest BCUT2D eigenvalue weighted by Crippen LogP contribution is -2.34. The highest BCUT2D eigenvalue weighted by Gasteiger charge is 2.45. The molecular weight excluding hydrogens is 410 g/mol. The number of aliphatic imine (C=N–C) groups is 1. The Bertz CT molecular complexity index is 1050. The van der Waals surface area contributed by atoms with E-state index in [1.54, 1.807) is 31.2 Å². The van der Waals surface area contributed by atoms with Crippen LogP contribution in [0.4, 0.5) is 0 Å². The van der Waals surface area contributed by atoms with Crippen molar-refractivity contribution in [2.45, 2.75) is 12.8 Å². The zero-order valence-electron chi connectivity index (χ0n) is 14.7. The van der Waals surface area contributed by atoms with Gasteiger partial charge in [0.05, 0.1) is 17.3 Å². The van der Waals surface area contributed by atoms with E-state index in [4.69, 9.17) is 4.74 Å². The molecule has 1 aliphatic carbocycles. The number of methoxy groups -OCH3 is 1. The zero-order chi connectivity index (χ0) is 19.3.